The summed E-state index contributed by atoms with van der Waals surface area (Å²) in [6.45, 7) is 0.157. The molecule has 1 aliphatic heterocycles. The average Bonchev–Trinajstić information content (AvgIpc) is 3.30. The Bertz CT molecular complexity index is 1250. The topological polar surface area (TPSA) is 72.7 Å². The molecule has 7 heteroatoms. The number of para-hydroxylation sites is 1. The zero-order valence-electron chi connectivity index (χ0n) is 14.5. The molecule has 138 valence electrons. The Balaban J connectivity index is 1.32. The fourth-order valence-electron chi connectivity index (χ4n) is 3.18. The molecule has 0 aliphatic carbocycles. The highest BCUT2D eigenvalue weighted by Crippen LogP contribution is 2.32. The molecule has 5 rings (SSSR count). The van der Waals surface area contributed by atoms with Crippen molar-refractivity contribution in [2.45, 2.75) is 0 Å². The molecule has 0 saturated carbocycles. The maximum absolute atomic E-state index is 12.4. The fraction of sp³-hybridized carbons (Fsp3) is 0.0476. The van der Waals surface area contributed by atoms with Crippen LogP contribution in [0.5, 0.6) is 11.5 Å². The zero-order chi connectivity index (χ0) is 19.1. The Morgan fingerprint density at radius 1 is 0.893 bits per heavy atom. The Morgan fingerprint density at radius 2 is 1.71 bits per heavy atom. The molecule has 3 aromatic carbocycles. The van der Waals surface area contributed by atoms with E-state index < -0.39 is 0 Å². The number of carbonyl (C=O) groups excluding carboxylic acids is 1. The minimum Gasteiger partial charge on any atom is -0.456 e. The SMILES string of the molecule is O=C(NC(=S)Nc1ccc2c(c1)oc1ccccc12)c1ccc2c(c1)OCO2. The largest absolute Gasteiger partial charge is 0.456 e. The highest BCUT2D eigenvalue weighted by molar-refractivity contribution is 7.80. The number of rotatable bonds is 2. The molecule has 0 fully saturated rings. The summed E-state index contributed by atoms with van der Waals surface area (Å²) in [6.07, 6.45) is 0. The first kappa shape index (κ1) is 16.6. The number of benzene rings is 3. The third-order valence-electron chi connectivity index (χ3n) is 4.50. The minimum absolute atomic E-state index is 0.157. The van der Waals surface area contributed by atoms with Crippen LogP contribution in [-0.2, 0) is 0 Å². The van der Waals surface area contributed by atoms with Gasteiger partial charge in [0.05, 0.1) is 0 Å². The molecule has 0 unspecified atom stereocenters. The summed E-state index contributed by atoms with van der Waals surface area (Å²) in [5.74, 6) is 0.832. The summed E-state index contributed by atoms with van der Waals surface area (Å²) in [7, 11) is 0. The highest BCUT2D eigenvalue weighted by atomic mass is 32.1. The first-order valence-corrected chi connectivity index (χ1v) is 9.01. The number of carbonyl (C=O) groups is 1. The molecule has 0 bridgehead atoms. The van der Waals surface area contributed by atoms with Crippen LogP contribution in [0.3, 0.4) is 0 Å². The standard InChI is InChI=1S/C21H14N2O4S/c24-20(12-5-8-17-19(9-12)26-11-25-17)23-21(28)22-13-6-7-15-14-3-1-2-4-16(14)27-18(15)10-13/h1-10H,11H2,(H2,22,23,24,28). The van der Waals surface area contributed by atoms with E-state index in [1.807, 2.05) is 42.5 Å². The number of hydrogen-bond acceptors (Lipinski definition) is 5. The molecule has 1 amide bonds. The number of fused-ring (bicyclic) bond motifs is 4. The van der Waals surface area contributed by atoms with Gasteiger partial charge in [-0.05, 0) is 48.6 Å². The summed E-state index contributed by atoms with van der Waals surface area (Å²) in [4.78, 5) is 12.4. The molecule has 6 nitrogen and oxygen atoms in total. The Labute approximate surface area is 165 Å². The molecular weight excluding hydrogens is 376 g/mol. The van der Waals surface area contributed by atoms with Gasteiger partial charge in [0.2, 0.25) is 6.79 Å². The van der Waals surface area contributed by atoms with Gasteiger partial charge in [-0.2, -0.15) is 0 Å². The number of thiocarbonyl (C=S) groups is 1. The quantitative estimate of drug-likeness (QED) is 0.493. The van der Waals surface area contributed by atoms with E-state index >= 15 is 0 Å². The Morgan fingerprint density at radius 3 is 2.64 bits per heavy atom. The van der Waals surface area contributed by atoms with Crippen molar-refractivity contribution in [3.8, 4) is 11.5 Å². The van der Waals surface area contributed by atoms with Crippen molar-refractivity contribution in [3.63, 3.8) is 0 Å². The monoisotopic (exact) mass is 390 g/mol. The van der Waals surface area contributed by atoms with Gasteiger partial charge >= 0.3 is 0 Å². The molecule has 4 aromatic rings. The van der Waals surface area contributed by atoms with E-state index in [0.29, 0.717) is 17.1 Å². The Hall–Kier alpha value is -3.58. The van der Waals surface area contributed by atoms with Crippen molar-refractivity contribution in [3.05, 3.63) is 66.2 Å². The molecule has 2 heterocycles. The van der Waals surface area contributed by atoms with Crippen LogP contribution in [0.4, 0.5) is 5.69 Å². The summed E-state index contributed by atoms with van der Waals surface area (Å²) in [6, 6.07) is 18.6. The van der Waals surface area contributed by atoms with Crippen LogP contribution in [0.1, 0.15) is 10.4 Å². The third-order valence-corrected chi connectivity index (χ3v) is 4.70. The number of anilines is 1. The number of furan rings is 1. The van der Waals surface area contributed by atoms with Gasteiger partial charge in [0.15, 0.2) is 16.6 Å². The van der Waals surface area contributed by atoms with E-state index in [0.717, 1.165) is 27.6 Å². The molecule has 0 radical (unpaired) electrons. The summed E-state index contributed by atoms with van der Waals surface area (Å²) < 4.78 is 16.4. The lowest BCUT2D eigenvalue weighted by Crippen LogP contribution is -2.34. The van der Waals surface area contributed by atoms with E-state index in [-0.39, 0.29) is 17.8 Å². The highest BCUT2D eigenvalue weighted by Gasteiger charge is 2.17. The molecule has 0 atom stereocenters. The van der Waals surface area contributed by atoms with Crippen LogP contribution in [0.15, 0.2) is 65.1 Å². The lowest BCUT2D eigenvalue weighted by atomic mass is 10.1. The van der Waals surface area contributed by atoms with Crippen molar-refractivity contribution in [1.82, 2.24) is 5.32 Å². The number of hydrogen-bond donors (Lipinski definition) is 2. The molecule has 1 aliphatic rings. The summed E-state index contributed by atoms with van der Waals surface area (Å²) in [5, 5.41) is 7.96. The molecule has 0 spiro atoms. The Kier molecular flexibility index (Phi) is 3.87. The van der Waals surface area contributed by atoms with Crippen LogP contribution in [0, 0.1) is 0 Å². The van der Waals surface area contributed by atoms with Crippen LogP contribution in [-0.4, -0.2) is 17.8 Å². The smallest absolute Gasteiger partial charge is 0.257 e. The predicted molar refractivity (Wildman–Crippen MR) is 110 cm³/mol. The van der Waals surface area contributed by atoms with Gasteiger partial charge in [0.25, 0.3) is 5.91 Å². The van der Waals surface area contributed by atoms with Gasteiger partial charge in [0.1, 0.15) is 11.2 Å². The first-order valence-electron chi connectivity index (χ1n) is 8.61. The van der Waals surface area contributed by atoms with Gasteiger partial charge in [-0.3, -0.25) is 10.1 Å². The van der Waals surface area contributed by atoms with Gasteiger partial charge < -0.3 is 19.2 Å². The van der Waals surface area contributed by atoms with Crippen LogP contribution in [0.25, 0.3) is 21.9 Å². The minimum atomic E-state index is -0.333. The van der Waals surface area contributed by atoms with Crippen molar-refractivity contribution >= 4 is 50.9 Å². The van der Waals surface area contributed by atoms with Crippen molar-refractivity contribution < 1.29 is 18.7 Å². The normalized spacial score (nSPS) is 12.3. The summed E-state index contributed by atoms with van der Waals surface area (Å²) in [5.41, 5.74) is 2.73. The number of ether oxygens (including phenoxy) is 2. The average molecular weight is 390 g/mol. The van der Waals surface area contributed by atoms with Gasteiger partial charge in [-0.1, -0.05) is 18.2 Å². The van der Waals surface area contributed by atoms with Gasteiger partial charge in [-0.25, -0.2) is 0 Å². The molecule has 2 N–H and O–H groups in total. The third kappa shape index (κ3) is 2.91. The van der Waals surface area contributed by atoms with Crippen molar-refractivity contribution in [2.75, 3.05) is 12.1 Å². The number of nitrogens with one attached hydrogen (secondary N) is 2. The summed E-state index contributed by atoms with van der Waals surface area (Å²) >= 11 is 5.27. The molecule has 0 saturated heterocycles. The van der Waals surface area contributed by atoms with Gasteiger partial charge in [0, 0.05) is 28.1 Å². The predicted octanol–water partition coefficient (Wildman–Crippen LogP) is 4.44. The van der Waals surface area contributed by atoms with Crippen molar-refractivity contribution in [2.24, 2.45) is 0 Å². The first-order chi connectivity index (χ1) is 13.7. The number of amides is 1. The van der Waals surface area contributed by atoms with E-state index in [1.54, 1.807) is 18.2 Å². The maximum atomic E-state index is 12.4. The maximum Gasteiger partial charge on any atom is 0.257 e. The molecular formula is C21H14N2O4S. The lowest BCUT2D eigenvalue weighted by Gasteiger charge is -2.10. The zero-order valence-corrected chi connectivity index (χ0v) is 15.3. The van der Waals surface area contributed by atoms with Crippen LogP contribution in [0.2, 0.25) is 0 Å². The van der Waals surface area contributed by atoms with Crippen molar-refractivity contribution in [1.29, 1.82) is 0 Å². The van der Waals surface area contributed by atoms with E-state index in [9.17, 15) is 4.79 Å². The van der Waals surface area contributed by atoms with E-state index in [4.69, 9.17) is 26.1 Å². The molecule has 1 aromatic heterocycles. The van der Waals surface area contributed by atoms with E-state index in [2.05, 4.69) is 10.6 Å². The second-order valence-corrected chi connectivity index (χ2v) is 6.69. The van der Waals surface area contributed by atoms with Crippen LogP contribution < -0.4 is 20.1 Å². The second kappa shape index (κ2) is 6.54. The lowest BCUT2D eigenvalue weighted by molar-refractivity contribution is 0.0977. The van der Waals surface area contributed by atoms with Gasteiger partial charge in [-0.15, -0.1) is 0 Å². The van der Waals surface area contributed by atoms with Crippen LogP contribution >= 0.6 is 12.2 Å². The van der Waals surface area contributed by atoms with E-state index in [1.165, 1.54) is 0 Å². The second-order valence-electron chi connectivity index (χ2n) is 6.29. The molecule has 28 heavy (non-hydrogen) atoms. The fourth-order valence-corrected chi connectivity index (χ4v) is 3.39.